The second kappa shape index (κ2) is 9.60. The summed E-state index contributed by atoms with van der Waals surface area (Å²) in [5, 5.41) is 19.3. The zero-order valence-electron chi connectivity index (χ0n) is 17.8. The number of hydrogen-bond acceptors (Lipinski definition) is 10. The first-order valence-corrected chi connectivity index (χ1v) is 9.89. The van der Waals surface area contributed by atoms with Crippen molar-refractivity contribution in [3.63, 3.8) is 0 Å². The Morgan fingerprint density at radius 1 is 1.27 bits per heavy atom. The number of hydrazone groups is 1. The largest absolute Gasteiger partial charge is 0.494 e. The van der Waals surface area contributed by atoms with Gasteiger partial charge < -0.3 is 14.9 Å². The van der Waals surface area contributed by atoms with Crippen molar-refractivity contribution >= 4 is 24.0 Å². The molecule has 0 aliphatic carbocycles. The molecular weight excluding hydrogens is 428 g/mol. The molecule has 0 unspecified atom stereocenters. The number of aromatic nitrogens is 5. The Kier molecular flexibility index (Phi) is 6.25. The number of benzene rings is 1. The van der Waals surface area contributed by atoms with Crippen molar-refractivity contribution in [1.29, 1.82) is 0 Å². The topological polar surface area (TPSA) is 159 Å². The van der Waals surface area contributed by atoms with Crippen molar-refractivity contribution in [1.82, 2.24) is 30.7 Å². The second-order valence-corrected chi connectivity index (χ2v) is 6.73. The normalized spacial score (nSPS) is 11.8. The molecule has 4 rings (SSSR count). The van der Waals surface area contributed by atoms with Crippen LogP contribution in [0.15, 0.2) is 62.4 Å². The number of rotatable bonds is 8. The number of carbonyl (C=O) groups excluding carboxylic acids is 1. The number of nitrogen functional groups attached to an aromatic ring is 1. The van der Waals surface area contributed by atoms with Gasteiger partial charge in [-0.05, 0) is 72.2 Å². The predicted octanol–water partition coefficient (Wildman–Crippen LogP) is 2.71. The SMILES string of the molecule is CCOc1ccc(-c2c(C(=O)NN=CC(C)=Cc3ccco3)nnn2-c2nonc2N)cc1. The molecule has 12 nitrogen and oxygen atoms in total. The van der Waals surface area contributed by atoms with Crippen molar-refractivity contribution in [2.24, 2.45) is 5.10 Å². The summed E-state index contributed by atoms with van der Waals surface area (Å²) >= 11 is 0. The van der Waals surface area contributed by atoms with Gasteiger partial charge in [0, 0.05) is 5.56 Å². The van der Waals surface area contributed by atoms with Gasteiger partial charge in [-0.3, -0.25) is 4.79 Å². The Morgan fingerprint density at radius 3 is 2.76 bits per heavy atom. The molecule has 1 aromatic carbocycles. The van der Waals surface area contributed by atoms with Crippen LogP contribution in [-0.2, 0) is 0 Å². The third kappa shape index (κ3) is 4.79. The van der Waals surface area contributed by atoms with E-state index in [0.717, 1.165) is 5.57 Å². The molecule has 3 N–H and O–H groups in total. The van der Waals surface area contributed by atoms with Crippen LogP contribution in [0, 0.1) is 0 Å². The molecule has 0 bridgehead atoms. The molecular formula is C21H20N8O4. The Bertz CT molecular complexity index is 1290. The van der Waals surface area contributed by atoms with Crippen molar-refractivity contribution in [2.45, 2.75) is 13.8 Å². The lowest BCUT2D eigenvalue weighted by molar-refractivity contribution is 0.0950. The van der Waals surface area contributed by atoms with Crippen molar-refractivity contribution in [3.05, 3.63) is 59.7 Å². The maximum atomic E-state index is 12.9. The van der Waals surface area contributed by atoms with Gasteiger partial charge in [-0.2, -0.15) is 9.78 Å². The van der Waals surface area contributed by atoms with E-state index in [9.17, 15) is 4.79 Å². The summed E-state index contributed by atoms with van der Waals surface area (Å²) in [6.07, 6.45) is 4.83. The number of amides is 1. The molecule has 12 heteroatoms. The standard InChI is InChI=1S/C21H20N8O4/c1-3-31-15-8-6-14(7-9-15)18-17(24-28-29(18)20-19(22)26-33-27-20)21(30)25-23-12-13(2)11-16-5-4-10-32-16/h4-12H,3H2,1-2H3,(H2,22,26)(H,25,30). The minimum absolute atomic E-state index is 0.00393. The van der Waals surface area contributed by atoms with Gasteiger partial charge in [0.2, 0.25) is 11.6 Å². The van der Waals surface area contributed by atoms with Crippen molar-refractivity contribution in [3.8, 4) is 22.8 Å². The summed E-state index contributed by atoms with van der Waals surface area (Å²) in [6, 6.07) is 10.6. The van der Waals surface area contributed by atoms with Crippen molar-refractivity contribution in [2.75, 3.05) is 12.3 Å². The summed E-state index contributed by atoms with van der Waals surface area (Å²) in [6.45, 7) is 4.24. The molecule has 3 aromatic heterocycles. The van der Waals surface area contributed by atoms with Gasteiger partial charge in [0.25, 0.3) is 5.91 Å². The number of anilines is 1. The average molecular weight is 448 g/mol. The van der Waals surface area contributed by atoms with Crippen LogP contribution in [0.3, 0.4) is 0 Å². The molecule has 4 aromatic rings. The van der Waals surface area contributed by atoms with E-state index in [1.165, 1.54) is 10.9 Å². The van der Waals surface area contributed by atoms with Gasteiger partial charge in [0.1, 0.15) is 17.2 Å². The summed E-state index contributed by atoms with van der Waals surface area (Å²) < 4.78 is 16.7. The van der Waals surface area contributed by atoms with E-state index in [-0.39, 0.29) is 17.3 Å². The summed E-state index contributed by atoms with van der Waals surface area (Å²) in [5.41, 5.74) is 10.00. The fraction of sp³-hybridized carbons (Fsp3) is 0.143. The molecule has 0 fully saturated rings. The fourth-order valence-corrected chi connectivity index (χ4v) is 2.94. The molecule has 0 saturated heterocycles. The number of carbonyl (C=O) groups is 1. The minimum Gasteiger partial charge on any atom is -0.494 e. The lowest BCUT2D eigenvalue weighted by Crippen LogP contribution is -2.19. The van der Waals surface area contributed by atoms with Crippen molar-refractivity contribution < 1.29 is 18.6 Å². The zero-order valence-corrected chi connectivity index (χ0v) is 17.8. The first-order valence-electron chi connectivity index (χ1n) is 9.89. The monoisotopic (exact) mass is 448 g/mol. The molecule has 168 valence electrons. The maximum Gasteiger partial charge on any atom is 0.294 e. The number of nitrogens with two attached hydrogens (primary N) is 1. The van der Waals surface area contributed by atoms with Gasteiger partial charge in [0.15, 0.2) is 5.69 Å². The van der Waals surface area contributed by atoms with Gasteiger partial charge >= 0.3 is 0 Å². The van der Waals surface area contributed by atoms with E-state index in [1.54, 1.807) is 42.7 Å². The van der Waals surface area contributed by atoms with Gasteiger partial charge in [-0.1, -0.05) is 5.21 Å². The number of furan rings is 1. The van der Waals surface area contributed by atoms with Crippen LogP contribution in [0.25, 0.3) is 23.2 Å². The molecule has 0 radical (unpaired) electrons. The van der Waals surface area contributed by atoms with E-state index >= 15 is 0 Å². The van der Waals surface area contributed by atoms with E-state index in [0.29, 0.717) is 29.4 Å². The first-order chi connectivity index (χ1) is 16.1. The van der Waals surface area contributed by atoms with Crippen LogP contribution in [0.1, 0.15) is 30.1 Å². The van der Waals surface area contributed by atoms with Gasteiger partial charge in [0.05, 0.1) is 19.1 Å². The molecule has 3 heterocycles. The molecule has 0 atom stereocenters. The van der Waals surface area contributed by atoms with Crippen LogP contribution in [0.4, 0.5) is 5.82 Å². The van der Waals surface area contributed by atoms with Crippen LogP contribution < -0.4 is 15.9 Å². The van der Waals surface area contributed by atoms with Crippen LogP contribution in [-0.4, -0.2) is 44.0 Å². The first kappa shape index (κ1) is 21.5. The third-order valence-electron chi connectivity index (χ3n) is 4.37. The lowest BCUT2D eigenvalue weighted by Gasteiger charge is -2.07. The van der Waals surface area contributed by atoms with Crippen LogP contribution in [0.2, 0.25) is 0 Å². The molecule has 0 spiro atoms. The highest BCUT2D eigenvalue weighted by Crippen LogP contribution is 2.28. The molecule has 0 aliphatic rings. The average Bonchev–Trinajstić information content (AvgIpc) is 3.55. The maximum absolute atomic E-state index is 12.9. The summed E-state index contributed by atoms with van der Waals surface area (Å²) in [7, 11) is 0. The van der Waals surface area contributed by atoms with Gasteiger partial charge in [-0.25, -0.2) is 10.1 Å². The third-order valence-corrected chi connectivity index (χ3v) is 4.37. The summed E-state index contributed by atoms with van der Waals surface area (Å²) in [5.74, 6) is 0.867. The second-order valence-electron chi connectivity index (χ2n) is 6.73. The smallest absolute Gasteiger partial charge is 0.294 e. The Hall–Kier alpha value is -4.74. The minimum atomic E-state index is -0.581. The highest BCUT2D eigenvalue weighted by atomic mass is 16.6. The highest BCUT2D eigenvalue weighted by molar-refractivity contribution is 5.99. The van der Waals surface area contributed by atoms with E-state index in [4.69, 9.17) is 14.9 Å². The molecule has 0 aliphatic heterocycles. The number of allylic oxidation sites excluding steroid dienone is 1. The molecule has 0 saturated carbocycles. The molecule has 33 heavy (non-hydrogen) atoms. The summed E-state index contributed by atoms with van der Waals surface area (Å²) in [4.78, 5) is 12.9. The highest BCUT2D eigenvalue weighted by Gasteiger charge is 2.25. The Balaban J connectivity index is 1.63. The number of nitrogens with one attached hydrogen (secondary N) is 1. The van der Waals surface area contributed by atoms with E-state index in [2.05, 4.69) is 35.8 Å². The van der Waals surface area contributed by atoms with E-state index < -0.39 is 5.91 Å². The van der Waals surface area contributed by atoms with Crippen LogP contribution in [0.5, 0.6) is 5.75 Å². The Labute approximate surface area is 187 Å². The predicted molar refractivity (Wildman–Crippen MR) is 119 cm³/mol. The lowest BCUT2D eigenvalue weighted by atomic mass is 10.1. The van der Waals surface area contributed by atoms with Gasteiger partial charge in [-0.15, -0.1) is 5.10 Å². The number of ether oxygens (including phenoxy) is 1. The number of hydrogen-bond donors (Lipinski definition) is 2. The van der Waals surface area contributed by atoms with Crippen LogP contribution >= 0.6 is 0 Å². The fourth-order valence-electron chi connectivity index (χ4n) is 2.94. The number of nitrogens with zero attached hydrogens (tertiary/aromatic N) is 6. The zero-order chi connectivity index (χ0) is 23.2. The Morgan fingerprint density at radius 2 is 2.09 bits per heavy atom. The van der Waals surface area contributed by atoms with E-state index in [1.807, 2.05) is 19.9 Å². The quantitative estimate of drug-likeness (QED) is 0.305. The molecule has 1 amide bonds.